The molecule has 0 unspecified atom stereocenters. The van der Waals surface area contributed by atoms with E-state index < -0.39 is 18.0 Å². The van der Waals surface area contributed by atoms with Crippen LogP contribution in [0.2, 0.25) is 10.0 Å². The van der Waals surface area contributed by atoms with E-state index in [0.717, 1.165) is 5.56 Å². The van der Waals surface area contributed by atoms with Gasteiger partial charge >= 0.3 is 5.97 Å². The third kappa shape index (κ3) is 5.66. The Hall–Kier alpha value is -2.24. The van der Waals surface area contributed by atoms with Crippen molar-refractivity contribution < 1.29 is 19.1 Å². The fraction of sp³-hybridized carbons (Fsp3) is 0.222. The maximum absolute atomic E-state index is 12.2. The summed E-state index contributed by atoms with van der Waals surface area (Å²) in [7, 11) is 1.48. The zero-order valence-electron chi connectivity index (χ0n) is 13.7. The molecule has 132 valence electrons. The average Bonchev–Trinajstić information content (AvgIpc) is 2.57. The van der Waals surface area contributed by atoms with Crippen LogP contribution in [0.1, 0.15) is 12.5 Å². The number of amides is 1. The van der Waals surface area contributed by atoms with Gasteiger partial charge in [0.2, 0.25) is 0 Å². The molecule has 0 aromatic heterocycles. The van der Waals surface area contributed by atoms with E-state index in [0.29, 0.717) is 21.5 Å². The first-order valence-electron chi connectivity index (χ1n) is 7.47. The van der Waals surface area contributed by atoms with Gasteiger partial charge in [0.15, 0.2) is 6.10 Å². The summed E-state index contributed by atoms with van der Waals surface area (Å²) in [5.74, 6) is -0.537. The van der Waals surface area contributed by atoms with Crippen LogP contribution in [-0.4, -0.2) is 25.1 Å². The van der Waals surface area contributed by atoms with Crippen LogP contribution >= 0.6 is 23.2 Å². The molecule has 0 aliphatic rings. The van der Waals surface area contributed by atoms with Crippen molar-refractivity contribution >= 4 is 40.8 Å². The zero-order valence-corrected chi connectivity index (χ0v) is 15.2. The van der Waals surface area contributed by atoms with Gasteiger partial charge in [-0.05, 0) is 42.8 Å². The van der Waals surface area contributed by atoms with Gasteiger partial charge in [0.1, 0.15) is 5.75 Å². The molecule has 2 aromatic rings. The second-order valence-electron chi connectivity index (χ2n) is 5.27. The first-order chi connectivity index (χ1) is 11.9. The lowest BCUT2D eigenvalue weighted by Crippen LogP contribution is -2.30. The van der Waals surface area contributed by atoms with Crippen molar-refractivity contribution in [2.75, 3.05) is 12.4 Å². The number of carbonyl (C=O) groups is 2. The number of halogens is 2. The average molecular weight is 382 g/mol. The lowest BCUT2D eigenvalue weighted by atomic mass is 10.1. The van der Waals surface area contributed by atoms with Crippen LogP contribution in [0.25, 0.3) is 0 Å². The third-order valence-electron chi connectivity index (χ3n) is 3.36. The molecule has 0 saturated carbocycles. The summed E-state index contributed by atoms with van der Waals surface area (Å²) < 4.78 is 10.3. The highest BCUT2D eigenvalue weighted by molar-refractivity contribution is 6.31. The fourth-order valence-corrected chi connectivity index (χ4v) is 2.37. The molecule has 1 amide bonds. The van der Waals surface area contributed by atoms with Crippen LogP contribution in [0.3, 0.4) is 0 Å². The van der Waals surface area contributed by atoms with Gasteiger partial charge in [-0.3, -0.25) is 9.59 Å². The van der Waals surface area contributed by atoms with Gasteiger partial charge in [0.25, 0.3) is 5.91 Å². The molecule has 0 radical (unpaired) electrons. The van der Waals surface area contributed by atoms with Crippen molar-refractivity contribution in [2.24, 2.45) is 0 Å². The predicted octanol–water partition coefficient (Wildman–Crippen LogP) is 4.11. The summed E-state index contributed by atoms with van der Waals surface area (Å²) in [5, 5.41) is 3.67. The molecular formula is C18H17Cl2NO4. The van der Waals surface area contributed by atoms with Crippen molar-refractivity contribution in [3.8, 4) is 5.75 Å². The maximum atomic E-state index is 12.2. The smallest absolute Gasteiger partial charge is 0.311 e. The highest BCUT2D eigenvalue weighted by atomic mass is 35.5. The molecule has 1 atom stereocenters. The summed E-state index contributed by atoms with van der Waals surface area (Å²) in [6.07, 6.45) is -0.918. The Bertz CT molecular complexity index is 762. The molecule has 0 aliphatic carbocycles. The molecule has 0 bridgehead atoms. The maximum Gasteiger partial charge on any atom is 0.311 e. The van der Waals surface area contributed by atoms with Gasteiger partial charge in [-0.2, -0.15) is 0 Å². The van der Waals surface area contributed by atoms with Gasteiger partial charge < -0.3 is 14.8 Å². The van der Waals surface area contributed by atoms with Crippen LogP contribution in [0, 0.1) is 0 Å². The molecule has 7 heteroatoms. The number of hydrogen-bond acceptors (Lipinski definition) is 4. The number of ether oxygens (including phenoxy) is 2. The van der Waals surface area contributed by atoms with Gasteiger partial charge in [-0.15, -0.1) is 0 Å². The Morgan fingerprint density at radius 1 is 1.08 bits per heavy atom. The Morgan fingerprint density at radius 3 is 2.36 bits per heavy atom. The van der Waals surface area contributed by atoms with Crippen LogP contribution in [0.15, 0.2) is 42.5 Å². The lowest BCUT2D eigenvalue weighted by Gasteiger charge is -2.15. The van der Waals surface area contributed by atoms with Crippen molar-refractivity contribution in [3.05, 3.63) is 58.1 Å². The molecule has 0 heterocycles. The van der Waals surface area contributed by atoms with Crippen LogP contribution in [0.4, 0.5) is 5.69 Å². The number of rotatable bonds is 6. The fourth-order valence-electron chi connectivity index (χ4n) is 2.07. The number of anilines is 1. The summed E-state index contributed by atoms with van der Waals surface area (Å²) in [6.45, 7) is 1.49. The van der Waals surface area contributed by atoms with Gasteiger partial charge in [-0.25, -0.2) is 0 Å². The molecule has 2 aromatic carbocycles. The summed E-state index contributed by atoms with van der Waals surface area (Å²) in [6, 6.07) is 11.7. The number of carbonyl (C=O) groups excluding carboxylic acids is 2. The normalized spacial score (nSPS) is 11.5. The van der Waals surface area contributed by atoms with E-state index in [1.807, 2.05) is 0 Å². The highest BCUT2D eigenvalue weighted by Crippen LogP contribution is 2.27. The van der Waals surface area contributed by atoms with E-state index >= 15 is 0 Å². The summed E-state index contributed by atoms with van der Waals surface area (Å²) in [4.78, 5) is 24.2. The van der Waals surface area contributed by atoms with E-state index in [1.54, 1.807) is 42.5 Å². The lowest BCUT2D eigenvalue weighted by molar-refractivity contribution is -0.152. The standard InChI is InChI=1S/C18H17Cl2NO4/c1-11(25-17(22)9-12-3-5-13(19)6-4-12)18(23)21-15-10-14(20)7-8-16(15)24-2/h3-8,10-11H,9H2,1-2H3,(H,21,23)/t11-/m1/s1. The first-order valence-corrected chi connectivity index (χ1v) is 8.23. The molecular weight excluding hydrogens is 365 g/mol. The summed E-state index contributed by atoms with van der Waals surface area (Å²) >= 11 is 11.7. The van der Waals surface area contributed by atoms with Crippen LogP contribution in [-0.2, 0) is 20.7 Å². The second-order valence-corrected chi connectivity index (χ2v) is 6.14. The Balaban J connectivity index is 1.94. The van der Waals surface area contributed by atoms with E-state index in [9.17, 15) is 9.59 Å². The Kier molecular flexibility index (Phi) is 6.67. The minimum absolute atomic E-state index is 0.0509. The highest BCUT2D eigenvalue weighted by Gasteiger charge is 2.19. The predicted molar refractivity (Wildman–Crippen MR) is 97.3 cm³/mol. The van der Waals surface area contributed by atoms with Crippen LogP contribution in [0.5, 0.6) is 5.75 Å². The Labute approximate surface area is 155 Å². The van der Waals surface area contributed by atoms with Crippen LogP contribution < -0.4 is 10.1 Å². The van der Waals surface area contributed by atoms with Gasteiger partial charge in [-0.1, -0.05) is 35.3 Å². The number of esters is 1. The minimum Gasteiger partial charge on any atom is -0.495 e. The van der Waals surface area contributed by atoms with Gasteiger partial charge in [0.05, 0.1) is 19.2 Å². The molecule has 5 nitrogen and oxygen atoms in total. The molecule has 0 aliphatic heterocycles. The van der Waals surface area contributed by atoms with Crippen molar-refractivity contribution in [2.45, 2.75) is 19.4 Å². The van der Waals surface area contributed by atoms with Gasteiger partial charge in [0, 0.05) is 10.0 Å². The molecule has 25 heavy (non-hydrogen) atoms. The quantitative estimate of drug-likeness (QED) is 0.764. The first kappa shape index (κ1) is 19.1. The third-order valence-corrected chi connectivity index (χ3v) is 3.85. The van der Waals surface area contributed by atoms with E-state index in [-0.39, 0.29) is 6.42 Å². The van der Waals surface area contributed by atoms with E-state index in [1.165, 1.54) is 14.0 Å². The number of nitrogens with one attached hydrogen (secondary N) is 1. The van der Waals surface area contributed by atoms with Crippen molar-refractivity contribution in [3.63, 3.8) is 0 Å². The zero-order chi connectivity index (χ0) is 18.4. The van der Waals surface area contributed by atoms with Crippen molar-refractivity contribution in [1.82, 2.24) is 0 Å². The second kappa shape index (κ2) is 8.74. The molecule has 0 saturated heterocycles. The topological polar surface area (TPSA) is 64.6 Å². The van der Waals surface area contributed by atoms with Crippen molar-refractivity contribution in [1.29, 1.82) is 0 Å². The monoisotopic (exact) mass is 381 g/mol. The van der Waals surface area contributed by atoms with E-state index in [4.69, 9.17) is 32.7 Å². The number of benzene rings is 2. The molecule has 2 rings (SSSR count). The largest absolute Gasteiger partial charge is 0.495 e. The molecule has 1 N–H and O–H groups in total. The number of hydrogen-bond donors (Lipinski definition) is 1. The molecule has 0 fully saturated rings. The number of methoxy groups -OCH3 is 1. The molecule has 0 spiro atoms. The Morgan fingerprint density at radius 2 is 1.72 bits per heavy atom. The summed E-state index contributed by atoms with van der Waals surface area (Å²) in [5.41, 5.74) is 1.15. The minimum atomic E-state index is -0.969. The SMILES string of the molecule is COc1ccc(Cl)cc1NC(=O)[C@@H](C)OC(=O)Cc1ccc(Cl)cc1. The van der Waals surface area contributed by atoms with E-state index in [2.05, 4.69) is 5.32 Å².